The van der Waals surface area contributed by atoms with E-state index in [4.69, 9.17) is 11.6 Å². The van der Waals surface area contributed by atoms with Crippen molar-refractivity contribution in [3.63, 3.8) is 0 Å². The predicted octanol–water partition coefficient (Wildman–Crippen LogP) is 1.68. The van der Waals surface area contributed by atoms with Crippen molar-refractivity contribution >= 4 is 22.5 Å². The molecule has 11 heavy (non-hydrogen) atoms. The van der Waals surface area contributed by atoms with E-state index in [1.54, 1.807) is 18.3 Å². The predicted molar refractivity (Wildman–Crippen MR) is 42.3 cm³/mol. The number of benzene rings is 1. The summed E-state index contributed by atoms with van der Waals surface area (Å²) in [6.45, 7) is 0. The van der Waals surface area contributed by atoms with Crippen molar-refractivity contribution in [2.24, 2.45) is 0 Å². The highest BCUT2D eigenvalue weighted by atomic mass is 35.5. The van der Waals surface area contributed by atoms with Crippen LogP contribution in [0.25, 0.3) is 10.9 Å². The van der Waals surface area contributed by atoms with Gasteiger partial charge in [-0.1, -0.05) is 11.6 Å². The second kappa shape index (κ2) is 2.43. The monoisotopic (exact) mass is 165 g/mol. The summed E-state index contributed by atoms with van der Waals surface area (Å²) in [5.74, 6) is 0. The van der Waals surface area contributed by atoms with Gasteiger partial charge in [-0.2, -0.15) is 0 Å². The molecule has 0 N–H and O–H groups in total. The molecule has 0 unspecified atom stereocenters. The fourth-order valence-corrected chi connectivity index (χ4v) is 1.06. The number of hydrogen-bond acceptors (Lipinski definition) is 3. The molecule has 0 bridgehead atoms. The summed E-state index contributed by atoms with van der Waals surface area (Å²) >= 11 is 5.74. The number of rotatable bonds is 0. The van der Waals surface area contributed by atoms with Crippen LogP contribution in [-0.2, 0) is 0 Å². The maximum Gasteiger partial charge on any atom is 0.0964 e. The lowest BCUT2D eigenvalue weighted by Gasteiger charge is -1.92. The SMILES string of the molecule is Clc1ccc2nnncc2c1. The molecule has 0 saturated carbocycles. The molecule has 1 heterocycles. The van der Waals surface area contributed by atoms with Gasteiger partial charge in [0.2, 0.25) is 0 Å². The topological polar surface area (TPSA) is 38.7 Å². The third kappa shape index (κ3) is 1.14. The van der Waals surface area contributed by atoms with Gasteiger partial charge in [-0.05, 0) is 23.4 Å². The fraction of sp³-hybridized carbons (Fsp3) is 0. The average molecular weight is 166 g/mol. The summed E-state index contributed by atoms with van der Waals surface area (Å²) in [4.78, 5) is 0. The molecule has 0 fully saturated rings. The van der Waals surface area contributed by atoms with E-state index in [-0.39, 0.29) is 0 Å². The van der Waals surface area contributed by atoms with Crippen LogP contribution < -0.4 is 0 Å². The number of aromatic nitrogens is 3. The summed E-state index contributed by atoms with van der Waals surface area (Å²) in [6.07, 6.45) is 1.63. The van der Waals surface area contributed by atoms with Crippen LogP contribution in [0.15, 0.2) is 24.4 Å². The first-order chi connectivity index (χ1) is 5.36. The second-order valence-corrected chi connectivity index (χ2v) is 2.57. The smallest absolute Gasteiger partial charge is 0.0964 e. The highest BCUT2D eigenvalue weighted by molar-refractivity contribution is 6.31. The van der Waals surface area contributed by atoms with Crippen LogP contribution in [-0.4, -0.2) is 15.4 Å². The largest absolute Gasteiger partial charge is 0.138 e. The van der Waals surface area contributed by atoms with E-state index in [9.17, 15) is 0 Å². The van der Waals surface area contributed by atoms with Gasteiger partial charge in [0.25, 0.3) is 0 Å². The summed E-state index contributed by atoms with van der Waals surface area (Å²) in [6, 6.07) is 5.39. The van der Waals surface area contributed by atoms with Crippen molar-refractivity contribution < 1.29 is 0 Å². The zero-order chi connectivity index (χ0) is 7.68. The number of nitrogens with zero attached hydrogens (tertiary/aromatic N) is 3. The van der Waals surface area contributed by atoms with Crippen molar-refractivity contribution in [2.75, 3.05) is 0 Å². The molecule has 0 atom stereocenters. The van der Waals surface area contributed by atoms with Gasteiger partial charge in [-0.25, -0.2) is 0 Å². The van der Waals surface area contributed by atoms with Gasteiger partial charge in [0.1, 0.15) is 0 Å². The molecule has 0 spiro atoms. The lowest BCUT2D eigenvalue weighted by Crippen LogP contribution is -1.85. The number of halogens is 1. The Balaban J connectivity index is 2.83. The first kappa shape index (κ1) is 6.49. The molecule has 0 aliphatic carbocycles. The molecule has 54 valence electrons. The van der Waals surface area contributed by atoms with E-state index in [0.717, 1.165) is 10.9 Å². The average Bonchev–Trinajstić information content (AvgIpc) is 2.04. The van der Waals surface area contributed by atoms with Crippen LogP contribution in [0.5, 0.6) is 0 Å². The number of fused-ring (bicyclic) bond motifs is 1. The van der Waals surface area contributed by atoms with Gasteiger partial charge in [-0.3, -0.25) is 0 Å². The summed E-state index contributed by atoms with van der Waals surface area (Å²) in [5, 5.41) is 12.5. The van der Waals surface area contributed by atoms with E-state index in [1.165, 1.54) is 0 Å². The maximum absolute atomic E-state index is 5.74. The minimum Gasteiger partial charge on any atom is -0.138 e. The highest BCUT2D eigenvalue weighted by Gasteiger charge is 1.94. The van der Waals surface area contributed by atoms with E-state index < -0.39 is 0 Å². The Morgan fingerprint density at radius 2 is 2.18 bits per heavy atom. The Hall–Kier alpha value is -1.22. The molecule has 0 radical (unpaired) electrons. The van der Waals surface area contributed by atoms with Crippen molar-refractivity contribution in [1.82, 2.24) is 15.4 Å². The van der Waals surface area contributed by atoms with Gasteiger partial charge in [0, 0.05) is 10.4 Å². The molecule has 0 amide bonds. The van der Waals surface area contributed by atoms with Crippen molar-refractivity contribution in [3.8, 4) is 0 Å². The van der Waals surface area contributed by atoms with Gasteiger partial charge in [0.15, 0.2) is 0 Å². The van der Waals surface area contributed by atoms with Crippen LogP contribution >= 0.6 is 11.6 Å². The molecule has 0 saturated heterocycles. The molecule has 2 aromatic rings. The van der Waals surface area contributed by atoms with Gasteiger partial charge in [0.05, 0.1) is 11.7 Å². The first-order valence-corrected chi connectivity index (χ1v) is 3.48. The molecular formula is C7H4ClN3. The van der Waals surface area contributed by atoms with E-state index in [1.807, 2.05) is 6.07 Å². The molecular weight excluding hydrogens is 162 g/mol. The van der Waals surface area contributed by atoms with Gasteiger partial charge >= 0.3 is 0 Å². The third-order valence-electron chi connectivity index (χ3n) is 1.39. The van der Waals surface area contributed by atoms with Crippen molar-refractivity contribution in [3.05, 3.63) is 29.4 Å². The summed E-state index contributed by atoms with van der Waals surface area (Å²) in [7, 11) is 0. The van der Waals surface area contributed by atoms with Crippen LogP contribution in [0.2, 0.25) is 5.02 Å². The zero-order valence-electron chi connectivity index (χ0n) is 5.53. The summed E-state index contributed by atoms with van der Waals surface area (Å²) in [5.41, 5.74) is 0.810. The minimum absolute atomic E-state index is 0.687. The molecule has 1 aromatic heterocycles. The van der Waals surface area contributed by atoms with Crippen LogP contribution in [0.4, 0.5) is 0 Å². The third-order valence-corrected chi connectivity index (χ3v) is 1.63. The Morgan fingerprint density at radius 1 is 1.27 bits per heavy atom. The Morgan fingerprint density at radius 3 is 3.09 bits per heavy atom. The quantitative estimate of drug-likeness (QED) is 0.596. The summed E-state index contributed by atoms with van der Waals surface area (Å²) < 4.78 is 0. The minimum atomic E-state index is 0.687. The molecule has 1 aromatic carbocycles. The van der Waals surface area contributed by atoms with Crippen molar-refractivity contribution in [1.29, 1.82) is 0 Å². The molecule has 3 nitrogen and oxygen atoms in total. The molecule has 4 heteroatoms. The Bertz CT molecular complexity index is 388. The van der Waals surface area contributed by atoms with Gasteiger partial charge in [-0.15, -0.1) is 10.2 Å². The van der Waals surface area contributed by atoms with E-state index in [2.05, 4.69) is 15.4 Å². The lowest BCUT2D eigenvalue weighted by molar-refractivity contribution is 0.895. The van der Waals surface area contributed by atoms with Crippen LogP contribution in [0.1, 0.15) is 0 Å². The van der Waals surface area contributed by atoms with Gasteiger partial charge < -0.3 is 0 Å². The molecule has 2 rings (SSSR count). The normalized spacial score (nSPS) is 10.3. The van der Waals surface area contributed by atoms with E-state index >= 15 is 0 Å². The van der Waals surface area contributed by atoms with Crippen LogP contribution in [0.3, 0.4) is 0 Å². The Kier molecular flexibility index (Phi) is 1.43. The second-order valence-electron chi connectivity index (χ2n) is 2.14. The number of hydrogen-bond donors (Lipinski definition) is 0. The van der Waals surface area contributed by atoms with E-state index in [0.29, 0.717) is 5.02 Å². The first-order valence-electron chi connectivity index (χ1n) is 3.10. The zero-order valence-corrected chi connectivity index (χ0v) is 6.28. The van der Waals surface area contributed by atoms with Crippen LogP contribution in [0, 0.1) is 0 Å². The maximum atomic E-state index is 5.74. The standard InChI is InChI=1S/C7H4ClN3/c8-6-1-2-7-5(3-6)4-9-11-10-7/h1-4H. The Labute approximate surface area is 68.0 Å². The van der Waals surface area contributed by atoms with Crippen molar-refractivity contribution in [2.45, 2.75) is 0 Å². The lowest BCUT2D eigenvalue weighted by atomic mass is 10.2. The fourth-order valence-electron chi connectivity index (χ4n) is 0.882. The highest BCUT2D eigenvalue weighted by Crippen LogP contribution is 2.14. The molecule has 0 aliphatic rings. The molecule has 0 aliphatic heterocycles.